The van der Waals surface area contributed by atoms with Gasteiger partial charge in [0.1, 0.15) is 42.3 Å². The number of aliphatic carboxylic acids is 4. The van der Waals surface area contributed by atoms with E-state index in [1.165, 1.54) is 19.1 Å². The largest absolute Gasteiger partial charge is 0.481 e. The van der Waals surface area contributed by atoms with Crippen LogP contribution in [0.3, 0.4) is 0 Å². The lowest BCUT2D eigenvalue weighted by atomic mass is 10.0. The van der Waals surface area contributed by atoms with E-state index in [1.54, 1.807) is 0 Å². The Morgan fingerprint density at radius 1 is 0.366 bits per heavy atom. The number of nitrogens with two attached hydrogens (primary N) is 3. The second kappa shape index (κ2) is 53.1. The molecule has 21 N–H and O–H groups in total. The molecule has 34 heteroatoms. The monoisotopic (exact) mass is 1330 g/mol. The van der Waals surface area contributed by atoms with E-state index in [9.17, 15) is 97.8 Å². The van der Waals surface area contributed by atoms with E-state index in [2.05, 4.69) is 37.2 Å². The number of aliphatic hydroxyl groups is 3. The number of aliphatic hydroxyl groups excluding tert-OH is 3. The summed E-state index contributed by atoms with van der Waals surface area (Å²) < 4.78 is 10.9. The van der Waals surface area contributed by atoms with Gasteiger partial charge in [0.25, 0.3) is 0 Å². The fourth-order valence-electron chi connectivity index (χ4n) is 9.07. The van der Waals surface area contributed by atoms with Crippen molar-refractivity contribution in [2.24, 2.45) is 17.2 Å². The molecule has 93 heavy (non-hydrogen) atoms. The van der Waals surface area contributed by atoms with Gasteiger partial charge in [0.05, 0.1) is 45.7 Å². The topological polar surface area (TPSA) is 573 Å². The van der Waals surface area contributed by atoms with Crippen LogP contribution in [0.25, 0.3) is 0 Å². The molecule has 34 nitrogen and oxygen atoms in total. The molecule has 0 fully saturated rings. The van der Waals surface area contributed by atoms with Crippen molar-refractivity contribution in [3.63, 3.8) is 0 Å². The van der Waals surface area contributed by atoms with Gasteiger partial charge in [-0.3, -0.25) is 67.1 Å². The highest BCUT2D eigenvalue weighted by atomic mass is 16.5. The summed E-state index contributed by atoms with van der Waals surface area (Å²) in [6, 6.07) is -13.9. The number of ketones is 1. The SMILES string of the molecule is NCCCC[C@H](NC(=O)[C@@H](N)CO)C(=O)N[C@@H](CCC(=O)O)C(=O)N[C@@H](CCC(=O)O)C(=O)N[C@@H](CO)C(=O)N[C@@H](CO)C(=O)N[C@@H](CCC(=O)O)C(=O)N[C@@H](CCCCN)C(=O)C([C]=O)OCCOCCNC(=O)CCCCCCCCCCCCCCCC(=O)O. The van der Waals surface area contributed by atoms with Gasteiger partial charge in [-0.15, -0.1) is 0 Å². The van der Waals surface area contributed by atoms with Crippen LogP contribution < -0.4 is 59.7 Å². The van der Waals surface area contributed by atoms with Crippen LogP contribution in [0.2, 0.25) is 0 Å². The standard InChI is InChI=1S/C59H102N11O23/c60-28-16-14-18-39(52(84)46(37-74)93-33-32-92-31-30-63-47(75)20-12-10-8-6-4-2-1-3-5-7-9-11-13-21-48(76)77)64-55(87)41(22-25-49(78)79)68-58(90)44(35-72)70-59(91)45(36-73)69-57(89)43(24-27-51(82)83)67-56(88)42(23-26-50(80)81)66-54(86)40(19-15-17-29-61)65-53(85)38(62)34-71/h38-46,71-73H,1-36,60-62H2,(H,63,75)(H,64,87)(H,65,85)(H,66,86)(H,67,88)(H,68,90)(H,69,89)(H,70,91)(H,76,77)(H,78,79)(H,80,81)(H,82,83)/t38-,39-,40-,41-,42-,43-,44-,45-,46?/m0/s1. The Labute approximate surface area is 540 Å². The molecule has 531 valence electrons. The highest BCUT2D eigenvalue weighted by Crippen LogP contribution is 2.15. The lowest BCUT2D eigenvalue weighted by Crippen LogP contribution is -2.61. The second-order valence-electron chi connectivity index (χ2n) is 22.2. The first kappa shape index (κ1) is 85.7. The lowest BCUT2D eigenvalue weighted by Gasteiger charge is -2.27. The minimum Gasteiger partial charge on any atom is -0.481 e. The number of unbranched alkanes of at least 4 members (excludes halogenated alkanes) is 14. The van der Waals surface area contributed by atoms with Crippen molar-refractivity contribution in [1.82, 2.24) is 42.5 Å². The number of amides is 8. The lowest BCUT2D eigenvalue weighted by molar-refractivity contribution is -0.140. The third-order valence-electron chi connectivity index (χ3n) is 14.4. The van der Waals surface area contributed by atoms with Gasteiger partial charge < -0.3 is 105 Å². The summed E-state index contributed by atoms with van der Waals surface area (Å²) >= 11 is 0. The minimum atomic E-state index is -2.04. The van der Waals surface area contributed by atoms with E-state index in [0.29, 0.717) is 19.3 Å². The molecule has 0 aromatic carbocycles. The van der Waals surface area contributed by atoms with Crippen molar-refractivity contribution in [2.75, 3.05) is 59.3 Å². The normalized spacial score (nSPS) is 14.0. The van der Waals surface area contributed by atoms with Gasteiger partial charge >= 0.3 is 23.9 Å². The summed E-state index contributed by atoms with van der Waals surface area (Å²) in [6.07, 6.45) is 10.3. The molecular weight excluding hydrogens is 1230 g/mol. The Balaban J connectivity index is 5.79. The maximum absolute atomic E-state index is 13.8. The third kappa shape index (κ3) is 41.8. The number of ether oxygens (including phenoxy) is 2. The summed E-state index contributed by atoms with van der Waals surface area (Å²) in [6.45, 7) is -3.12. The molecule has 0 aliphatic rings. The van der Waals surface area contributed by atoms with E-state index in [4.69, 9.17) is 31.8 Å². The van der Waals surface area contributed by atoms with Crippen LogP contribution in [0.15, 0.2) is 0 Å². The fourth-order valence-corrected chi connectivity index (χ4v) is 9.07. The van der Waals surface area contributed by atoms with E-state index in [1.807, 2.05) is 5.32 Å². The first-order valence-electron chi connectivity index (χ1n) is 31.7. The van der Waals surface area contributed by atoms with Gasteiger partial charge in [0, 0.05) is 38.6 Å². The fraction of sp³-hybridized carbons (Fsp3) is 0.763. The van der Waals surface area contributed by atoms with Crippen LogP contribution in [0.4, 0.5) is 0 Å². The molecule has 1 radical (unpaired) electrons. The summed E-state index contributed by atoms with van der Waals surface area (Å²) in [5.74, 6) is -14.7. The molecule has 0 rings (SSSR count). The molecule has 1 unspecified atom stereocenters. The van der Waals surface area contributed by atoms with Crippen molar-refractivity contribution in [3.8, 4) is 0 Å². The molecule has 0 aromatic heterocycles. The third-order valence-corrected chi connectivity index (χ3v) is 14.4. The van der Waals surface area contributed by atoms with Crippen molar-refractivity contribution in [3.05, 3.63) is 0 Å². The molecule has 0 spiro atoms. The average molecular weight is 1330 g/mol. The zero-order chi connectivity index (χ0) is 69.9. The van der Waals surface area contributed by atoms with Crippen molar-refractivity contribution in [2.45, 2.75) is 228 Å². The molecule has 0 heterocycles. The number of carboxylic acids is 4. The van der Waals surface area contributed by atoms with Crippen LogP contribution in [0.1, 0.15) is 173 Å². The quantitative estimate of drug-likeness (QED) is 0.0209. The Kier molecular flexibility index (Phi) is 48.9. The average Bonchev–Trinajstić information content (AvgIpc) is 1.06. The first-order chi connectivity index (χ1) is 44.4. The summed E-state index contributed by atoms with van der Waals surface area (Å²) in [4.78, 5) is 178. The molecule has 0 aliphatic heterocycles. The van der Waals surface area contributed by atoms with Crippen LogP contribution in [0, 0.1) is 0 Å². The highest BCUT2D eigenvalue weighted by Gasteiger charge is 2.36. The Morgan fingerprint density at radius 3 is 1.06 bits per heavy atom. The second-order valence-corrected chi connectivity index (χ2v) is 22.2. The molecule has 0 saturated heterocycles. The predicted octanol–water partition coefficient (Wildman–Crippen LogP) is -3.33. The number of carboxylic acid groups (broad SMARTS) is 4. The molecule has 9 atom stereocenters. The summed E-state index contributed by atoms with van der Waals surface area (Å²) in [5, 5.41) is 85.0. The van der Waals surface area contributed by atoms with Gasteiger partial charge in [-0.05, 0) is 83.7 Å². The predicted molar refractivity (Wildman–Crippen MR) is 330 cm³/mol. The van der Waals surface area contributed by atoms with Crippen LogP contribution in [-0.4, -0.2) is 233 Å². The smallest absolute Gasteiger partial charge is 0.303 e. The van der Waals surface area contributed by atoms with Gasteiger partial charge in [0.2, 0.25) is 53.5 Å². The summed E-state index contributed by atoms with van der Waals surface area (Å²) in [5.41, 5.74) is 16.8. The van der Waals surface area contributed by atoms with Gasteiger partial charge in [-0.1, -0.05) is 70.6 Å². The van der Waals surface area contributed by atoms with E-state index in [-0.39, 0.29) is 77.5 Å². The zero-order valence-electron chi connectivity index (χ0n) is 53.0. The Bertz CT molecular complexity index is 2300. The van der Waals surface area contributed by atoms with Crippen LogP contribution in [-0.2, 0) is 76.6 Å². The van der Waals surface area contributed by atoms with E-state index in [0.717, 1.165) is 70.6 Å². The van der Waals surface area contributed by atoms with Crippen molar-refractivity contribution in [1.29, 1.82) is 0 Å². The number of hydrogen-bond donors (Lipinski definition) is 18. The van der Waals surface area contributed by atoms with Gasteiger partial charge in [0.15, 0.2) is 11.9 Å². The Hall–Kier alpha value is -7.34. The van der Waals surface area contributed by atoms with Crippen molar-refractivity contribution < 1.29 is 112 Å². The number of hydrogen-bond acceptors (Lipinski definition) is 22. The van der Waals surface area contributed by atoms with Crippen molar-refractivity contribution >= 4 is 83.2 Å². The molecule has 0 aromatic rings. The maximum Gasteiger partial charge on any atom is 0.303 e. The molecule has 8 amide bonds. The molecule has 0 aliphatic carbocycles. The zero-order valence-corrected chi connectivity index (χ0v) is 53.0. The molecule has 0 saturated carbocycles. The Morgan fingerprint density at radius 2 is 0.699 bits per heavy atom. The first-order valence-corrected chi connectivity index (χ1v) is 31.7. The van der Waals surface area contributed by atoms with Crippen LogP contribution >= 0.6 is 0 Å². The van der Waals surface area contributed by atoms with E-state index < -0.39 is 184 Å². The number of nitrogens with one attached hydrogen (secondary N) is 8. The van der Waals surface area contributed by atoms with Gasteiger partial charge in [-0.25, -0.2) is 0 Å². The highest BCUT2D eigenvalue weighted by molar-refractivity contribution is 6.02. The molecule has 0 bridgehead atoms. The number of rotatable bonds is 60. The number of carbonyl (C=O) groups excluding carboxylic acids is 10. The maximum atomic E-state index is 13.8. The minimum absolute atomic E-state index is 0.0648. The van der Waals surface area contributed by atoms with E-state index >= 15 is 0 Å². The number of carbonyl (C=O) groups is 13. The molecular formula is C59H102N11O23. The van der Waals surface area contributed by atoms with Gasteiger partial charge in [-0.2, -0.15) is 0 Å². The van der Waals surface area contributed by atoms with Crippen LogP contribution in [0.5, 0.6) is 0 Å². The summed E-state index contributed by atoms with van der Waals surface area (Å²) in [7, 11) is 0. The number of Topliss-reactive ketones (excluding diaryl/α,β-unsaturated/α-hetero) is 1.